The molecule has 0 aliphatic carbocycles. The maximum Gasteiger partial charge on any atom is 0 e. The van der Waals surface area contributed by atoms with Crippen molar-refractivity contribution in [1.29, 1.82) is 0 Å². The second kappa shape index (κ2) is 6.97. The van der Waals surface area contributed by atoms with E-state index in [9.17, 15) is 0 Å². The van der Waals surface area contributed by atoms with Crippen LogP contribution in [-0.4, -0.2) is 0 Å². The summed E-state index contributed by atoms with van der Waals surface area (Å²) < 4.78 is 0. The number of benzene rings is 1. The quantitative estimate of drug-likeness (QED) is 0.633. The zero-order valence-corrected chi connectivity index (χ0v) is 10.0. The van der Waals surface area contributed by atoms with Crippen molar-refractivity contribution in [3.63, 3.8) is 0 Å². The van der Waals surface area contributed by atoms with Crippen LogP contribution in [-0.2, 0) is 52.4 Å². The molecule has 1 aromatic carbocycles. The summed E-state index contributed by atoms with van der Waals surface area (Å²) in [5.74, 6) is 0. The summed E-state index contributed by atoms with van der Waals surface area (Å²) in [6.45, 7) is 3.72. The molecule has 1 rings (SSSR count). The van der Waals surface area contributed by atoms with E-state index in [1.54, 1.807) is 0 Å². The van der Waals surface area contributed by atoms with Crippen molar-refractivity contribution in [2.75, 3.05) is 0 Å². The van der Waals surface area contributed by atoms with E-state index < -0.39 is 0 Å². The first-order valence-corrected chi connectivity index (χ1v) is 2.26. The SMILES string of the molecule is [CH2-]c1ccccc1.[Zr].[Zr]. The van der Waals surface area contributed by atoms with Gasteiger partial charge in [0.1, 0.15) is 0 Å². The van der Waals surface area contributed by atoms with Crippen molar-refractivity contribution in [3.8, 4) is 0 Å². The fourth-order valence-electron chi connectivity index (χ4n) is 0.478. The predicted molar refractivity (Wildman–Crippen MR) is 30.9 cm³/mol. The fraction of sp³-hybridized carbons (Fsp3) is 0. The van der Waals surface area contributed by atoms with Crippen LogP contribution in [0.1, 0.15) is 5.56 Å². The van der Waals surface area contributed by atoms with Crippen LogP contribution in [0.2, 0.25) is 0 Å². The number of hydrogen-bond donors (Lipinski definition) is 0. The monoisotopic (exact) mass is 271 g/mol. The van der Waals surface area contributed by atoms with Crippen molar-refractivity contribution in [2.24, 2.45) is 0 Å². The molecule has 2 heteroatoms. The molecule has 0 bridgehead atoms. The van der Waals surface area contributed by atoms with Gasteiger partial charge in [-0.25, -0.2) is 0 Å². The van der Waals surface area contributed by atoms with Gasteiger partial charge < -0.3 is 0 Å². The summed E-state index contributed by atoms with van der Waals surface area (Å²) in [5.41, 5.74) is 1.07. The van der Waals surface area contributed by atoms with Crippen molar-refractivity contribution in [2.45, 2.75) is 0 Å². The summed E-state index contributed by atoms with van der Waals surface area (Å²) in [4.78, 5) is 0. The van der Waals surface area contributed by atoms with E-state index in [0.717, 1.165) is 5.56 Å². The molecule has 0 N–H and O–H groups in total. The molecule has 0 atom stereocenters. The van der Waals surface area contributed by atoms with Crippen molar-refractivity contribution in [1.82, 2.24) is 0 Å². The average molecular weight is 274 g/mol. The van der Waals surface area contributed by atoms with Crippen LogP contribution in [0.4, 0.5) is 0 Å². The Kier molecular flexibility index (Phi) is 9.70. The molecule has 0 aliphatic rings. The molecule has 9 heavy (non-hydrogen) atoms. The van der Waals surface area contributed by atoms with Crippen molar-refractivity contribution >= 4 is 0 Å². The smallest absolute Gasteiger partial charge is 0 e. The van der Waals surface area contributed by atoms with Gasteiger partial charge in [-0.15, -0.1) is 12.1 Å². The molecule has 0 saturated heterocycles. The third-order valence-electron chi connectivity index (χ3n) is 0.843. The average Bonchev–Trinajstić information content (AvgIpc) is 1.69. The van der Waals surface area contributed by atoms with Gasteiger partial charge in [0.25, 0.3) is 0 Å². The zero-order valence-electron chi connectivity index (χ0n) is 5.09. The molecule has 44 valence electrons. The van der Waals surface area contributed by atoms with E-state index in [0.29, 0.717) is 0 Å². The number of rotatable bonds is 0. The van der Waals surface area contributed by atoms with Crippen molar-refractivity contribution in [3.05, 3.63) is 42.8 Å². The Balaban J connectivity index is 0. The molecule has 0 spiro atoms. The van der Waals surface area contributed by atoms with Gasteiger partial charge in [-0.05, 0) is 0 Å². The molecule has 0 fully saturated rings. The maximum atomic E-state index is 3.72. The normalized spacial score (nSPS) is 6.67. The minimum atomic E-state index is 0. The molecule has 0 radical (unpaired) electrons. The molecule has 1 aromatic rings. The topological polar surface area (TPSA) is 0 Å². The fourth-order valence-corrected chi connectivity index (χ4v) is 0.478. The Hall–Kier alpha value is 0.856. The van der Waals surface area contributed by atoms with Crippen LogP contribution >= 0.6 is 0 Å². The minimum absolute atomic E-state index is 0. The maximum absolute atomic E-state index is 3.72. The molecular weight excluding hydrogens is 267 g/mol. The van der Waals surface area contributed by atoms with Gasteiger partial charge in [-0.1, -0.05) is 6.07 Å². The summed E-state index contributed by atoms with van der Waals surface area (Å²) in [6.07, 6.45) is 0. The Morgan fingerprint density at radius 1 is 0.889 bits per heavy atom. The first-order valence-electron chi connectivity index (χ1n) is 2.26. The summed E-state index contributed by atoms with van der Waals surface area (Å²) >= 11 is 0. The summed E-state index contributed by atoms with van der Waals surface area (Å²) in [7, 11) is 0. The molecule has 0 saturated carbocycles. The Morgan fingerprint density at radius 2 is 1.33 bits per heavy atom. The van der Waals surface area contributed by atoms with Crippen molar-refractivity contribution < 1.29 is 52.4 Å². The minimum Gasteiger partial charge on any atom is -0.199 e. The standard InChI is InChI=1S/C7H7.2Zr/c1-7-5-3-2-4-6-7;;/h2-6H,1H2;;/q-1;;. The van der Waals surface area contributed by atoms with Gasteiger partial charge in [-0.2, -0.15) is 24.6 Å². The molecule has 0 heterocycles. The second-order valence-electron chi connectivity index (χ2n) is 1.49. The van der Waals surface area contributed by atoms with Crippen LogP contribution in [0.25, 0.3) is 0 Å². The summed E-state index contributed by atoms with van der Waals surface area (Å²) in [6, 6.07) is 9.87. The third kappa shape index (κ3) is 5.31. The van der Waals surface area contributed by atoms with Crippen LogP contribution in [0.3, 0.4) is 0 Å². The van der Waals surface area contributed by atoms with Gasteiger partial charge in [0.2, 0.25) is 0 Å². The second-order valence-corrected chi connectivity index (χ2v) is 1.49. The third-order valence-corrected chi connectivity index (χ3v) is 0.843. The van der Waals surface area contributed by atoms with E-state index in [1.807, 2.05) is 30.3 Å². The van der Waals surface area contributed by atoms with Crippen LogP contribution in [0, 0.1) is 6.92 Å². The Bertz CT molecular complexity index is 137. The Labute approximate surface area is 94.3 Å². The van der Waals surface area contributed by atoms with Gasteiger partial charge in [0, 0.05) is 52.4 Å². The zero-order chi connectivity index (χ0) is 5.11. The van der Waals surface area contributed by atoms with Crippen LogP contribution in [0.5, 0.6) is 0 Å². The predicted octanol–water partition coefficient (Wildman–Crippen LogP) is 1.86. The molecule has 0 nitrogen and oxygen atoms in total. The van der Waals surface area contributed by atoms with Gasteiger partial charge in [0.15, 0.2) is 0 Å². The summed E-state index contributed by atoms with van der Waals surface area (Å²) in [5, 5.41) is 0. The molecular formula is C7H7Zr2-. The van der Waals surface area contributed by atoms with E-state index in [-0.39, 0.29) is 52.4 Å². The van der Waals surface area contributed by atoms with Crippen LogP contribution < -0.4 is 0 Å². The van der Waals surface area contributed by atoms with E-state index in [4.69, 9.17) is 0 Å². The largest absolute Gasteiger partial charge is 0.199 e. The molecule has 0 aromatic heterocycles. The molecule has 0 unspecified atom stereocenters. The number of hydrogen-bond acceptors (Lipinski definition) is 0. The van der Waals surface area contributed by atoms with Crippen LogP contribution in [0.15, 0.2) is 30.3 Å². The van der Waals surface area contributed by atoms with E-state index in [1.165, 1.54) is 0 Å². The van der Waals surface area contributed by atoms with E-state index >= 15 is 0 Å². The molecule has 0 aliphatic heterocycles. The van der Waals surface area contributed by atoms with E-state index in [2.05, 4.69) is 6.92 Å². The first-order chi connectivity index (χ1) is 3.39. The van der Waals surface area contributed by atoms with Gasteiger partial charge in [-0.3, -0.25) is 0 Å². The first kappa shape index (κ1) is 12.5. The molecule has 0 amide bonds. The van der Waals surface area contributed by atoms with Gasteiger partial charge >= 0.3 is 0 Å². The Morgan fingerprint density at radius 3 is 1.56 bits per heavy atom. The van der Waals surface area contributed by atoms with Gasteiger partial charge in [0.05, 0.1) is 0 Å².